The zero-order valence-corrected chi connectivity index (χ0v) is 12.5. The summed E-state index contributed by atoms with van der Waals surface area (Å²) in [5.74, 6) is 0. The quantitative estimate of drug-likeness (QED) is 0.900. The van der Waals surface area contributed by atoms with Crippen molar-refractivity contribution in [1.82, 2.24) is 0 Å². The molecule has 1 aliphatic carbocycles. The van der Waals surface area contributed by atoms with Crippen molar-refractivity contribution < 1.29 is 0 Å². The second-order valence-electron chi connectivity index (χ2n) is 5.21. The van der Waals surface area contributed by atoms with Crippen LogP contribution in [0.3, 0.4) is 0 Å². The van der Waals surface area contributed by atoms with Crippen LogP contribution >= 0.6 is 11.8 Å². The lowest BCUT2D eigenvalue weighted by Crippen LogP contribution is -2.08. The maximum atomic E-state index is 5.82. The zero-order chi connectivity index (χ0) is 13.9. The summed E-state index contributed by atoms with van der Waals surface area (Å²) in [6.45, 7) is 2.77. The Balaban J connectivity index is 1.88. The Morgan fingerprint density at radius 2 is 1.95 bits per heavy atom. The lowest BCUT2D eigenvalue weighted by atomic mass is 9.91. The first-order chi connectivity index (χ1) is 9.76. The van der Waals surface area contributed by atoms with Gasteiger partial charge in [0.05, 0.1) is 0 Å². The van der Waals surface area contributed by atoms with Crippen LogP contribution in [0.1, 0.15) is 23.1 Å². The average Bonchev–Trinajstić information content (AvgIpc) is 2.46. The summed E-state index contributed by atoms with van der Waals surface area (Å²) >= 11 is 1.83. The van der Waals surface area contributed by atoms with Crippen LogP contribution in [0.25, 0.3) is 5.57 Å². The number of aryl methyl sites for hydroxylation is 2. The molecule has 2 aromatic carbocycles. The van der Waals surface area contributed by atoms with Crippen molar-refractivity contribution in [1.29, 1.82) is 0 Å². The van der Waals surface area contributed by atoms with Crippen molar-refractivity contribution in [3.8, 4) is 0 Å². The minimum atomic E-state index is 0.636. The normalized spacial score (nSPS) is 13.8. The Morgan fingerprint density at radius 1 is 1.10 bits per heavy atom. The van der Waals surface area contributed by atoms with Crippen molar-refractivity contribution in [2.75, 3.05) is 6.54 Å². The van der Waals surface area contributed by atoms with Gasteiger partial charge in [0.2, 0.25) is 0 Å². The summed E-state index contributed by atoms with van der Waals surface area (Å²) in [7, 11) is 0. The molecular weight excluding hydrogens is 262 g/mol. The van der Waals surface area contributed by atoms with E-state index >= 15 is 0 Å². The highest BCUT2D eigenvalue weighted by Crippen LogP contribution is 2.33. The Kier molecular flexibility index (Phi) is 3.95. The fourth-order valence-electron chi connectivity index (χ4n) is 2.67. The summed E-state index contributed by atoms with van der Waals surface area (Å²) in [5.41, 5.74) is 11.2. The molecule has 0 spiro atoms. The summed E-state index contributed by atoms with van der Waals surface area (Å²) in [6, 6.07) is 15.4. The van der Waals surface area contributed by atoms with Crippen LogP contribution in [0.4, 0.5) is 0 Å². The van der Waals surface area contributed by atoms with Crippen LogP contribution in [0.5, 0.6) is 0 Å². The van der Waals surface area contributed by atoms with E-state index in [0.29, 0.717) is 6.54 Å². The molecule has 102 valence electrons. The molecule has 0 bridgehead atoms. The topological polar surface area (TPSA) is 26.0 Å². The highest BCUT2D eigenvalue weighted by Gasteiger charge is 2.12. The molecule has 2 heteroatoms. The lowest BCUT2D eigenvalue weighted by Gasteiger charge is -2.17. The summed E-state index contributed by atoms with van der Waals surface area (Å²) in [6.07, 6.45) is 4.51. The van der Waals surface area contributed by atoms with Gasteiger partial charge in [-0.25, -0.2) is 0 Å². The van der Waals surface area contributed by atoms with Crippen LogP contribution in [-0.4, -0.2) is 6.54 Å². The van der Waals surface area contributed by atoms with Gasteiger partial charge in [0.15, 0.2) is 0 Å². The van der Waals surface area contributed by atoms with Gasteiger partial charge in [-0.2, -0.15) is 0 Å². The van der Waals surface area contributed by atoms with Crippen molar-refractivity contribution in [2.24, 2.45) is 5.73 Å². The number of rotatable bonds is 3. The van der Waals surface area contributed by atoms with Crippen molar-refractivity contribution in [2.45, 2.75) is 29.6 Å². The Bertz CT molecular complexity index is 658. The molecule has 20 heavy (non-hydrogen) atoms. The first kappa shape index (κ1) is 13.5. The van der Waals surface area contributed by atoms with Crippen LogP contribution in [0, 0.1) is 6.92 Å². The number of benzene rings is 2. The zero-order valence-electron chi connectivity index (χ0n) is 11.7. The monoisotopic (exact) mass is 281 g/mol. The van der Waals surface area contributed by atoms with Crippen LogP contribution < -0.4 is 5.73 Å². The fourth-order valence-corrected chi connectivity index (χ4v) is 3.67. The van der Waals surface area contributed by atoms with E-state index in [-0.39, 0.29) is 0 Å². The third-order valence-electron chi connectivity index (χ3n) is 3.67. The molecule has 1 aliphatic rings. The van der Waals surface area contributed by atoms with E-state index in [1.165, 1.54) is 32.1 Å². The maximum Gasteiger partial charge on any atom is 0.0181 e. The molecule has 0 unspecified atom stereocenters. The average molecular weight is 281 g/mol. The van der Waals surface area contributed by atoms with E-state index in [2.05, 4.69) is 55.5 Å². The molecule has 0 fully saturated rings. The van der Waals surface area contributed by atoms with E-state index < -0.39 is 0 Å². The first-order valence-corrected chi connectivity index (χ1v) is 7.85. The minimum absolute atomic E-state index is 0.636. The number of hydrogen-bond acceptors (Lipinski definition) is 2. The van der Waals surface area contributed by atoms with Gasteiger partial charge in [0.1, 0.15) is 0 Å². The first-order valence-electron chi connectivity index (χ1n) is 7.03. The highest BCUT2D eigenvalue weighted by molar-refractivity contribution is 7.99. The van der Waals surface area contributed by atoms with Gasteiger partial charge in [-0.1, -0.05) is 41.6 Å². The molecule has 1 nitrogen and oxygen atoms in total. The van der Waals surface area contributed by atoms with Gasteiger partial charge in [-0.05, 0) is 60.7 Å². The van der Waals surface area contributed by atoms with Crippen molar-refractivity contribution >= 4 is 17.3 Å². The van der Waals surface area contributed by atoms with Gasteiger partial charge in [0, 0.05) is 16.3 Å². The molecule has 0 atom stereocenters. The van der Waals surface area contributed by atoms with Crippen LogP contribution in [0.15, 0.2) is 58.3 Å². The minimum Gasteiger partial charge on any atom is -0.326 e. The summed E-state index contributed by atoms with van der Waals surface area (Å²) < 4.78 is 0. The van der Waals surface area contributed by atoms with Crippen LogP contribution in [0.2, 0.25) is 0 Å². The third kappa shape index (κ3) is 2.82. The molecule has 2 aromatic rings. The highest BCUT2D eigenvalue weighted by atomic mass is 32.2. The summed E-state index contributed by atoms with van der Waals surface area (Å²) in [4.78, 5) is 2.61. The lowest BCUT2D eigenvalue weighted by molar-refractivity contribution is 0.960. The molecule has 0 heterocycles. The van der Waals surface area contributed by atoms with Gasteiger partial charge < -0.3 is 5.73 Å². The standard InChI is InChI=1S/C18H19NS/c1-13-4-2-7-16(10-13)20-17-8-9-18-14(11-17)5-3-6-15(18)12-19/h2,4,6-11H,3,5,12,19H2,1H3. The molecule has 2 N–H and O–H groups in total. The smallest absolute Gasteiger partial charge is 0.0181 e. The number of nitrogens with two attached hydrogens (primary N) is 1. The Hall–Kier alpha value is -1.51. The fraction of sp³-hybridized carbons (Fsp3) is 0.222. The third-order valence-corrected chi connectivity index (χ3v) is 4.65. The van der Waals surface area contributed by atoms with Crippen molar-refractivity contribution in [3.05, 3.63) is 65.2 Å². The van der Waals surface area contributed by atoms with Gasteiger partial charge in [0.25, 0.3) is 0 Å². The molecule has 3 rings (SSSR count). The summed E-state index contributed by atoms with van der Waals surface area (Å²) in [5, 5.41) is 0. The van der Waals surface area contributed by atoms with E-state index in [1.807, 2.05) is 11.8 Å². The molecule has 0 saturated carbocycles. The van der Waals surface area contributed by atoms with Crippen LogP contribution in [-0.2, 0) is 6.42 Å². The molecule has 0 amide bonds. The van der Waals surface area contributed by atoms with E-state index in [4.69, 9.17) is 5.73 Å². The van der Waals surface area contributed by atoms with Gasteiger partial charge in [-0.3, -0.25) is 0 Å². The van der Waals surface area contributed by atoms with Crippen molar-refractivity contribution in [3.63, 3.8) is 0 Å². The molecule has 0 aromatic heterocycles. The maximum absolute atomic E-state index is 5.82. The Labute approximate surface area is 124 Å². The largest absolute Gasteiger partial charge is 0.326 e. The second kappa shape index (κ2) is 5.86. The van der Waals surface area contributed by atoms with E-state index in [0.717, 1.165) is 12.8 Å². The molecule has 0 saturated heterocycles. The molecular formula is C18H19NS. The number of allylic oxidation sites excluding steroid dienone is 1. The second-order valence-corrected chi connectivity index (χ2v) is 6.36. The van der Waals surface area contributed by atoms with E-state index in [1.54, 1.807) is 0 Å². The Morgan fingerprint density at radius 3 is 2.75 bits per heavy atom. The predicted octanol–water partition coefficient (Wildman–Crippen LogP) is 4.43. The number of hydrogen-bond donors (Lipinski definition) is 1. The molecule has 0 aliphatic heterocycles. The predicted molar refractivity (Wildman–Crippen MR) is 87.1 cm³/mol. The number of fused-ring (bicyclic) bond motifs is 1. The SMILES string of the molecule is Cc1cccc(Sc2ccc3c(c2)CCC=C3CN)c1. The molecule has 0 radical (unpaired) electrons. The van der Waals surface area contributed by atoms with E-state index in [9.17, 15) is 0 Å². The van der Waals surface area contributed by atoms with Gasteiger partial charge in [-0.15, -0.1) is 0 Å². The van der Waals surface area contributed by atoms with Gasteiger partial charge >= 0.3 is 0 Å².